The second-order valence-corrected chi connectivity index (χ2v) is 7.86. The largest absolute Gasteiger partial charge is 0.493 e. The fourth-order valence-corrected chi connectivity index (χ4v) is 4.51. The van der Waals surface area contributed by atoms with Crippen LogP contribution in [0.1, 0.15) is 38.7 Å². The summed E-state index contributed by atoms with van der Waals surface area (Å²) in [5, 5.41) is 11.1. The molecule has 128 valence electrons. The van der Waals surface area contributed by atoms with E-state index in [1.54, 1.807) is 20.3 Å². The molecule has 0 bridgehead atoms. The Morgan fingerprint density at radius 3 is 2.57 bits per heavy atom. The van der Waals surface area contributed by atoms with Gasteiger partial charge in [0.15, 0.2) is 11.5 Å². The Morgan fingerprint density at radius 1 is 1.30 bits per heavy atom. The van der Waals surface area contributed by atoms with E-state index >= 15 is 0 Å². The van der Waals surface area contributed by atoms with Crippen molar-refractivity contribution in [2.24, 2.45) is 11.3 Å². The van der Waals surface area contributed by atoms with Gasteiger partial charge in [0.05, 0.1) is 24.3 Å². The van der Waals surface area contributed by atoms with Gasteiger partial charge in [-0.05, 0) is 58.7 Å². The SMILES string of the molecule is C=C[C@@]1(O)CCCC(C)(C)[C@@H]1Cc1ccc(OC)c(OC)c1Br. The maximum Gasteiger partial charge on any atom is 0.175 e. The highest BCUT2D eigenvalue weighted by atomic mass is 79.9. The lowest BCUT2D eigenvalue weighted by Gasteiger charge is -2.48. The van der Waals surface area contributed by atoms with Crippen LogP contribution in [0.3, 0.4) is 0 Å². The molecule has 4 heteroatoms. The summed E-state index contributed by atoms with van der Waals surface area (Å²) >= 11 is 3.64. The third-order valence-corrected chi connectivity index (χ3v) is 6.16. The number of rotatable bonds is 5. The molecular formula is C19H27BrO3. The van der Waals surface area contributed by atoms with Gasteiger partial charge in [-0.3, -0.25) is 0 Å². The molecule has 0 aromatic heterocycles. The standard InChI is InChI=1S/C19H27BrO3/c1-6-19(21)11-7-10-18(2,3)15(19)12-13-8-9-14(22-4)17(23-5)16(13)20/h6,8-9,15,21H,1,7,10-12H2,2-5H3/t15-,19+/m0/s1. The molecule has 0 saturated heterocycles. The number of hydrogen-bond acceptors (Lipinski definition) is 3. The maximum absolute atomic E-state index is 11.1. The summed E-state index contributed by atoms with van der Waals surface area (Å²) in [5.74, 6) is 1.50. The van der Waals surface area contributed by atoms with Gasteiger partial charge >= 0.3 is 0 Å². The lowest BCUT2D eigenvalue weighted by Crippen LogP contribution is -2.48. The average molecular weight is 383 g/mol. The molecule has 2 rings (SSSR count). The molecule has 1 aromatic rings. The number of methoxy groups -OCH3 is 2. The van der Waals surface area contributed by atoms with Crippen LogP contribution in [0.15, 0.2) is 29.3 Å². The second-order valence-electron chi connectivity index (χ2n) is 7.07. The molecule has 2 atom stereocenters. The fourth-order valence-electron chi connectivity index (χ4n) is 3.86. The Balaban J connectivity index is 2.41. The first-order valence-corrected chi connectivity index (χ1v) is 8.83. The zero-order valence-corrected chi connectivity index (χ0v) is 16.1. The van der Waals surface area contributed by atoms with Crippen LogP contribution in [0.4, 0.5) is 0 Å². The van der Waals surface area contributed by atoms with Crippen molar-refractivity contribution in [3.63, 3.8) is 0 Å². The van der Waals surface area contributed by atoms with Gasteiger partial charge in [-0.1, -0.05) is 26.0 Å². The van der Waals surface area contributed by atoms with Crippen molar-refractivity contribution in [2.45, 2.75) is 45.1 Å². The predicted molar refractivity (Wildman–Crippen MR) is 97.2 cm³/mol. The minimum absolute atomic E-state index is 0.0494. The first kappa shape index (κ1) is 18.3. The average Bonchev–Trinajstić information content (AvgIpc) is 2.51. The van der Waals surface area contributed by atoms with E-state index in [0.29, 0.717) is 11.5 Å². The van der Waals surface area contributed by atoms with E-state index in [-0.39, 0.29) is 11.3 Å². The first-order chi connectivity index (χ1) is 10.8. The molecule has 3 nitrogen and oxygen atoms in total. The van der Waals surface area contributed by atoms with Crippen molar-refractivity contribution in [1.82, 2.24) is 0 Å². The van der Waals surface area contributed by atoms with Gasteiger partial charge in [-0.2, -0.15) is 0 Å². The van der Waals surface area contributed by atoms with Gasteiger partial charge in [-0.25, -0.2) is 0 Å². The van der Waals surface area contributed by atoms with Crippen molar-refractivity contribution in [3.05, 3.63) is 34.8 Å². The van der Waals surface area contributed by atoms with Crippen LogP contribution in [0.2, 0.25) is 0 Å². The first-order valence-electron chi connectivity index (χ1n) is 8.04. The van der Waals surface area contributed by atoms with Gasteiger partial charge < -0.3 is 14.6 Å². The molecule has 0 radical (unpaired) electrons. The zero-order valence-electron chi connectivity index (χ0n) is 14.5. The molecule has 1 N–H and O–H groups in total. The third-order valence-electron chi connectivity index (χ3n) is 5.29. The molecule has 1 aliphatic rings. The molecule has 1 aliphatic carbocycles. The number of halogens is 1. The molecule has 1 aromatic carbocycles. The molecule has 0 amide bonds. The van der Waals surface area contributed by atoms with Crippen LogP contribution in [0.25, 0.3) is 0 Å². The van der Waals surface area contributed by atoms with Crippen molar-refractivity contribution >= 4 is 15.9 Å². The number of benzene rings is 1. The molecule has 0 unspecified atom stereocenters. The summed E-state index contributed by atoms with van der Waals surface area (Å²) in [6, 6.07) is 3.96. The Hall–Kier alpha value is -1.00. The number of hydrogen-bond donors (Lipinski definition) is 1. The highest BCUT2D eigenvalue weighted by molar-refractivity contribution is 9.10. The lowest BCUT2D eigenvalue weighted by molar-refractivity contribution is -0.0666. The molecular weight excluding hydrogens is 356 g/mol. The minimum Gasteiger partial charge on any atom is -0.493 e. The summed E-state index contributed by atoms with van der Waals surface area (Å²) in [7, 11) is 3.27. The number of ether oxygens (including phenoxy) is 2. The lowest BCUT2D eigenvalue weighted by atomic mass is 9.59. The summed E-state index contributed by atoms with van der Waals surface area (Å²) in [6.07, 6.45) is 5.40. The van der Waals surface area contributed by atoms with Gasteiger partial charge in [-0.15, -0.1) is 6.58 Å². The van der Waals surface area contributed by atoms with Gasteiger partial charge in [0.1, 0.15) is 0 Å². The van der Waals surface area contributed by atoms with E-state index < -0.39 is 5.60 Å². The maximum atomic E-state index is 11.1. The summed E-state index contributed by atoms with van der Waals surface area (Å²) < 4.78 is 11.7. The van der Waals surface area contributed by atoms with E-state index in [1.807, 2.05) is 12.1 Å². The Kier molecular flexibility index (Phi) is 5.47. The minimum atomic E-state index is -0.825. The molecule has 1 saturated carbocycles. The second kappa shape index (κ2) is 6.86. The normalized spacial score (nSPS) is 26.6. The smallest absolute Gasteiger partial charge is 0.175 e. The van der Waals surface area contributed by atoms with Gasteiger partial charge in [0.2, 0.25) is 0 Å². The molecule has 0 aliphatic heterocycles. The van der Waals surface area contributed by atoms with E-state index in [9.17, 15) is 5.11 Å². The third kappa shape index (κ3) is 3.43. The van der Waals surface area contributed by atoms with E-state index in [4.69, 9.17) is 9.47 Å². The van der Waals surface area contributed by atoms with Crippen molar-refractivity contribution in [1.29, 1.82) is 0 Å². The van der Waals surface area contributed by atoms with Crippen molar-refractivity contribution in [3.8, 4) is 11.5 Å². The zero-order chi connectivity index (χ0) is 17.3. The summed E-state index contributed by atoms with van der Waals surface area (Å²) in [5.41, 5.74) is 0.338. The van der Waals surface area contributed by atoms with Crippen LogP contribution >= 0.6 is 15.9 Å². The van der Waals surface area contributed by atoms with Crippen LogP contribution in [0.5, 0.6) is 11.5 Å². The highest BCUT2D eigenvalue weighted by Gasteiger charge is 2.46. The topological polar surface area (TPSA) is 38.7 Å². The molecule has 0 heterocycles. The Labute approximate surface area is 147 Å². The van der Waals surface area contributed by atoms with Crippen molar-refractivity contribution in [2.75, 3.05) is 14.2 Å². The van der Waals surface area contributed by atoms with Crippen molar-refractivity contribution < 1.29 is 14.6 Å². The van der Waals surface area contributed by atoms with Crippen LogP contribution < -0.4 is 9.47 Å². The van der Waals surface area contributed by atoms with E-state index in [0.717, 1.165) is 35.7 Å². The Bertz CT molecular complexity index is 582. The van der Waals surface area contributed by atoms with E-state index in [2.05, 4.69) is 36.4 Å². The predicted octanol–water partition coefficient (Wildman–Crippen LogP) is 4.75. The Morgan fingerprint density at radius 2 is 2.00 bits per heavy atom. The fraction of sp³-hybridized carbons (Fsp3) is 0.579. The van der Waals surface area contributed by atoms with Crippen LogP contribution in [0, 0.1) is 11.3 Å². The van der Waals surface area contributed by atoms with Gasteiger partial charge in [0, 0.05) is 5.92 Å². The van der Waals surface area contributed by atoms with E-state index in [1.165, 1.54) is 0 Å². The van der Waals surface area contributed by atoms with Crippen LogP contribution in [-0.4, -0.2) is 24.9 Å². The highest BCUT2D eigenvalue weighted by Crippen LogP contribution is 2.49. The van der Waals surface area contributed by atoms with Gasteiger partial charge in [0.25, 0.3) is 0 Å². The number of aliphatic hydroxyl groups is 1. The molecule has 1 fully saturated rings. The summed E-state index contributed by atoms with van der Waals surface area (Å²) in [6.45, 7) is 8.36. The monoisotopic (exact) mass is 382 g/mol. The molecule has 0 spiro atoms. The molecule has 23 heavy (non-hydrogen) atoms. The quantitative estimate of drug-likeness (QED) is 0.746. The summed E-state index contributed by atoms with van der Waals surface area (Å²) in [4.78, 5) is 0. The van der Waals surface area contributed by atoms with Crippen LogP contribution in [-0.2, 0) is 6.42 Å².